The molecule has 0 saturated heterocycles. The minimum atomic E-state index is -1.09. The Kier molecular flexibility index (Phi) is 4.10. The number of benzene rings is 2. The Hall–Kier alpha value is -3.41. The lowest BCUT2D eigenvalue weighted by Crippen LogP contribution is -2.13. The normalized spacial score (nSPS) is 12.0. The van der Waals surface area contributed by atoms with E-state index >= 15 is 0 Å². The Balaban J connectivity index is 2.21. The highest BCUT2D eigenvalue weighted by atomic mass is 16.4. The molecule has 3 rings (SSSR count). The molecule has 6 nitrogen and oxygen atoms in total. The zero-order valence-corrected chi connectivity index (χ0v) is 13.3. The molecular formula is C19H15NO5. The van der Waals surface area contributed by atoms with Crippen molar-refractivity contribution in [3.8, 4) is 0 Å². The highest BCUT2D eigenvalue weighted by Gasteiger charge is 2.23. The fourth-order valence-corrected chi connectivity index (χ4v) is 3.05. The second-order valence-corrected chi connectivity index (χ2v) is 5.79. The molecule has 1 unspecified atom stereocenters. The van der Waals surface area contributed by atoms with Crippen molar-refractivity contribution in [2.24, 2.45) is 0 Å². The van der Waals surface area contributed by atoms with Crippen LogP contribution in [0.3, 0.4) is 0 Å². The molecule has 2 aromatic carbocycles. The van der Waals surface area contributed by atoms with Crippen LogP contribution in [0.2, 0.25) is 0 Å². The second kappa shape index (κ2) is 6.24. The van der Waals surface area contributed by atoms with Gasteiger partial charge in [-0.3, -0.25) is 4.79 Å². The van der Waals surface area contributed by atoms with Crippen molar-refractivity contribution in [1.29, 1.82) is 0 Å². The zero-order chi connectivity index (χ0) is 18.1. The predicted molar refractivity (Wildman–Crippen MR) is 91.2 cm³/mol. The maximum Gasteiger partial charge on any atom is 0.336 e. The minimum Gasteiger partial charge on any atom is -0.478 e. The molecule has 0 aliphatic rings. The molecule has 126 valence electrons. The Morgan fingerprint density at radius 3 is 2.36 bits per heavy atom. The van der Waals surface area contributed by atoms with Crippen molar-refractivity contribution in [3.05, 3.63) is 70.9 Å². The first-order chi connectivity index (χ1) is 11.9. The SMILES string of the molecule is CC(=O)C(c1cccc(C(=O)O)c1)c1cc(C(=O)O)c2cc[nH]c2c1. The maximum atomic E-state index is 12.3. The molecule has 3 N–H and O–H groups in total. The molecule has 3 aromatic rings. The van der Waals surface area contributed by atoms with Gasteiger partial charge in [-0.2, -0.15) is 0 Å². The van der Waals surface area contributed by atoms with Gasteiger partial charge in [0.25, 0.3) is 0 Å². The number of aromatic carboxylic acids is 2. The number of hydrogen-bond donors (Lipinski definition) is 3. The Morgan fingerprint density at radius 1 is 0.960 bits per heavy atom. The lowest BCUT2D eigenvalue weighted by Gasteiger charge is -2.16. The number of rotatable bonds is 5. The fraction of sp³-hybridized carbons (Fsp3) is 0.105. The summed E-state index contributed by atoms with van der Waals surface area (Å²) in [6.45, 7) is 1.40. The largest absolute Gasteiger partial charge is 0.478 e. The molecule has 1 heterocycles. The van der Waals surface area contributed by atoms with E-state index in [2.05, 4.69) is 4.98 Å². The van der Waals surface area contributed by atoms with Gasteiger partial charge < -0.3 is 15.2 Å². The first-order valence-corrected chi connectivity index (χ1v) is 7.56. The third-order valence-electron chi connectivity index (χ3n) is 4.13. The monoisotopic (exact) mass is 337 g/mol. The zero-order valence-electron chi connectivity index (χ0n) is 13.3. The number of aromatic amines is 1. The Morgan fingerprint density at radius 2 is 1.72 bits per heavy atom. The van der Waals surface area contributed by atoms with Crippen molar-refractivity contribution >= 4 is 28.6 Å². The molecule has 0 saturated carbocycles. The molecule has 0 spiro atoms. The van der Waals surface area contributed by atoms with Gasteiger partial charge in [0, 0.05) is 17.1 Å². The molecule has 25 heavy (non-hydrogen) atoms. The number of carbonyl (C=O) groups is 3. The van der Waals surface area contributed by atoms with Gasteiger partial charge in [0.15, 0.2) is 0 Å². The first-order valence-electron chi connectivity index (χ1n) is 7.56. The van der Waals surface area contributed by atoms with Crippen LogP contribution < -0.4 is 0 Å². The fourth-order valence-electron chi connectivity index (χ4n) is 3.05. The summed E-state index contributed by atoms with van der Waals surface area (Å²) in [7, 11) is 0. The van der Waals surface area contributed by atoms with Gasteiger partial charge in [0.2, 0.25) is 0 Å². The van der Waals surface area contributed by atoms with Crippen molar-refractivity contribution < 1.29 is 24.6 Å². The number of fused-ring (bicyclic) bond motifs is 1. The van der Waals surface area contributed by atoms with E-state index < -0.39 is 17.9 Å². The summed E-state index contributed by atoms with van der Waals surface area (Å²) < 4.78 is 0. The van der Waals surface area contributed by atoms with E-state index in [1.165, 1.54) is 25.1 Å². The van der Waals surface area contributed by atoms with E-state index in [1.807, 2.05) is 0 Å². The average molecular weight is 337 g/mol. The van der Waals surface area contributed by atoms with Crippen LogP contribution in [0.15, 0.2) is 48.7 Å². The van der Waals surface area contributed by atoms with Crippen LogP contribution in [-0.4, -0.2) is 32.9 Å². The van der Waals surface area contributed by atoms with E-state index in [0.29, 0.717) is 22.0 Å². The molecule has 0 bridgehead atoms. The van der Waals surface area contributed by atoms with Crippen molar-refractivity contribution in [3.63, 3.8) is 0 Å². The van der Waals surface area contributed by atoms with Crippen LogP contribution in [0.25, 0.3) is 10.9 Å². The second-order valence-electron chi connectivity index (χ2n) is 5.79. The van der Waals surface area contributed by atoms with Crippen LogP contribution >= 0.6 is 0 Å². The van der Waals surface area contributed by atoms with Gasteiger partial charge in [-0.25, -0.2) is 9.59 Å². The lowest BCUT2D eigenvalue weighted by atomic mass is 9.86. The number of carboxylic acid groups (broad SMARTS) is 2. The smallest absolute Gasteiger partial charge is 0.336 e. The number of carbonyl (C=O) groups excluding carboxylic acids is 1. The van der Waals surface area contributed by atoms with E-state index in [0.717, 1.165) is 0 Å². The standard InChI is InChI=1S/C19H15NO5/c1-10(21)17(11-3-2-4-12(7-11)18(22)23)13-8-15(19(24)25)14-5-6-20-16(14)9-13/h2-9,17,20H,1H3,(H,22,23)(H,24,25). The summed E-state index contributed by atoms with van der Waals surface area (Å²) in [5, 5.41) is 19.2. The van der Waals surface area contributed by atoms with Crippen LogP contribution in [0.5, 0.6) is 0 Å². The summed E-state index contributed by atoms with van der Waals surface area (Å²) >= 11 is 0. The summed E-state index contributed by atoms with van der Waals surface area (Å²) in [5.41, 5.74) is 1.78. The average Bonchev–Trinajstić information content (AvgIpc) is 3.02. The Labute approximate surface area is 142 Å². The van der Waals surface area contributed by atoms with E-state index in [1.54, 1.807) is 30.5 Å². The number of hydrogen-bond acceptors (Lipinski definition) is 3. The topological polar surface area (TPSA) is 107 Å². The highest BCUT2D eigenvalue weighted by molar-refractivity contribution is 6.04. The number of Topliss-reactive ketones (excluding diaryl/α,β-unsaturated/α-hetero) is 1. The van der Waals surface area contributed by atoms with Gasteiger partial charge in [0.1, 0.15) is 5.78 Å². The Bertz CT molecular complexity index is 1000. The van der Waals surface area contributed by atoms with Crippen molar-refractivity contribution in [1.82, 2.24) is 4.98 Å². The van der Waals surface area contributed by atoms with Crippen molar-refractivity contribution in [2.75, 3.05) is 0 Å². The van der Waals surface area contributed by atoms with Crippen LogP contribution in [0, 0.1) is 0 Å². The van der Waals surface area contributed by atoms with Crippen LogP contribution in [-0.2, 0) is 4.79 Å². The molecule has 0 radical (unpaired) electrons. The third kappa shape index (κ3) is 3.01. The van der Waals surface area contributed by atoms with E-state index in [4.69, 9.17) is 5.11 Å². The van der Waals surface area contributed by atoms with Gasteiger partial charge in [-0.15, -0.1) is 0 Å². The van der Waals surface area contributed by atoms with Gasteiger partial charge in [-0.05, 0) is 48.4 Å². The predicted octanol–water partition coefficient (Wildman–Crippen LogP) is 3.29. The van der Waals surface area contributed by atoms with Crippen LogP contribution in [0.4, 0.5) is 0 Å². The maximum absolute atomic E-state index is 12.3. The van der Waals surface area contributed by atoms with Gasteiger partial charge in [-0.1, -0.05) is 12.1 Å². The number of nitrogens with one attached hydrogen (secondary N) is 1. The molecule has 1 aromatic heterocycles. The molecule has 0 aliphatic heterocycles. The van der Waals surface area contributed by atoms with E-state index in [-0.39, 0.29) is 16.9 Å². The molecule has 0 aliphatic carbocycles. The molecule has 0 fully saturated rings. The third-order valence-corrected chi connectivity index (χ3v) is 4.13. The summed E-state index contributed by atoms with van der Waals surface area (Å²) in [6.07, 6.45) is 1.63. The number of aromatic nitrogens is 1. The number of carboxylic acids is 2. The number of ketones is 1. The van der Waals surface area contributed by atoms with Crippen molar-refractivity contribution in [2.45, 2.75) is 12.8 Å². The minimum absolute atomic E-state index is 0.0724. The molecule has 0 amide bonds. The quantitative estimate of drug-likeness (QED) is 0.662. The number of H-pyrrole nitrogens is 1. The molecule has 1 atom stereocenters. The highest BCUT2D eigenvalue weighted by Crippen LogP contribution is 2.31. The summed E-state index contributed by atoms with van der Waals surface area (Å²) in [6, 6.07) is 11.0. The van der Waals surface area contributed by atoms with Crippen LogP contribution in [0.1, 0.15) is 44.7 Å². The van der Waals surface area contributed by atoms with Gasteiger partial charge in [0.05, 0.1) is 17.0 Å². The first kappa shape index (κ1) is 16.4. The van der Waals surface area contributed by atoms with E-state index in [9.17, 15) is 19.5 Å². The molecule has 6 heteroatoms. The van der Waals surface area contributed by atoms with Gasteiger partial charge >= 0.3 is 11.9 Å². The lowest BCUT2D eigenvalue weighted by molar-refractivity contribution is -0.117. The summed E-state index contributed by atoms with van der Waals surface area (Å²) in [5.74, 6) is -3.13. The summed E-state index contributed by atoms with van der Waals surface area (Å²) in [4.78, 5) is 38.0. The molecular weight excluding hydrogens is 322 g/mol.